The summed E-state index contributed by atoms with van der Waals surface area (Å²) in [6.45, 7) is 3.71. The Morgan fingerprint density at radius 3 is 2.00 bits per heavy atom. The van der Waals surface area contributed by atoms with Gasteiger partial charge in [-0.2, -0.15) is 0 Å². The number of rotatable bonds is 4. The number of hydrogen-bond acceptors (Lipinski definition) is 1. The summed E-state index contributed by atoms with van der Waals surface area (Å²) in [5.41, 5.74) is 2.28. The van der Waals surface area contributed by atoms with Crippen LogP contribution in [0.5, 0.6) is 0 Å². The fraction of sp³-hybridized carbons (Fsp3) is 0. The molecule has 0 aromatic heterocycles. The smallest absolute Gasteiger partial charge is 0.193 e. The lowest BCUT2D eigenvalue weighted by atomic mass is 10.0. The van der Waals surface area contributed by atoms with E-state index >= 15 is 0 Å². The third-order valence-corrected chi connectivity index (χ3v) is 2.64. The van der Waals surface area contributed by atoms with Crippen LogP contribution >= 0.6 is 0 Å². The number of ketones is 1. The molecule has 2 aromatic carbocycles. The largest absolute Gasteiger partial charge is 0.289 e. The van der Waals surface area contributed by atoms with Gasteiger partial charge in [-0.15, -0.1) is 0 Å². The van der Waals surface area contributed by atoms with Crippen molar-refractivity contribution in [1.82, 2.24) is 0 Å². The Morgan fingerprint density at radius 1 is 0.889 bits per heavy atom. The molecule has 0 aliphatic carbocycles. The summed E-state index contributed by atoms with van der Waals surface area (Å²) in [6, 6.07) is 19.0. The minimum absolute atomic E-state index is 0.00514. The van der Waals surface area contributed by atoms with Crippen molar-refractivity contribution in [3.63, 3.8) is 0 Å². The van der Waals surface area contributed by atoms with Crippen LogP contribution in [0.3, 0.4) is 0 Å². The molecule has 0 radical (unpaired) electrons. The first-order chi connectivity index (χ1) is 8.81. The molecular weight excluding hydrogens is 220 g/mol. The van der Waals surface area contributed by atoms with Crippen molar-refractivity contribution in [3.05, 3.63) is 90.0 Å². The molecule has 1 nitrogen and oxygen atoms in total. The summed E-state index contributed by atoms with van der Waals surface area (Å²) in [6.07, 6.45) is 3.45. The second kappa shape index (κ2) is 5.78. The van der Waals surface area contributed by atoms with Gasteiger partial charge in [-0.25, -0.2) is 0 Å². The van der Waals surface area contributed by atoms with E-state index in [0.29, 0.717) is 11.1 Å². The average Bonchev–Trinajstić information content (AvgIpc) is 2.46. The van der Waals surface area contributed by atoms with Crippen LogP contribution in [0.25, 0.3) is 6.08 Å². The Balaban J connectivity index is 2.33. The van der Waals surface area contributed by atoms with Crippen LogP contribution in [0, 0.1) is 0 Å². The van der Waals surface area contributed by atoms with E-state index in [1.54, 1.807) is 6.08 Å². The van der Waals surface area contributed by atoms with E-state index in [1.807, 2.05) is 66.7 Å². The van der Waals surface area contributed by atoms with Crippen molar-refractivity contribution in [2.45, 2.75) is 0 Å². The highest BCUT2D eigenvalue weighted by Gasteiger charge is 2.08. The van der Waals surface area contributed by atoms with Crippen LogP contribution in [0.15, 0.2) is 78.9 Å². The van der Waals surface area contributed by atoms with E-state index in [1.165, 1.54) is 0 Å². The Bertz CT molecular complexity index is 565. The molecule has 0 saturated carbocycles. The van der Waals surface area contributed by atoms with Gasteiger partial charge in [0.15, 0.2) is 5.78 Å². The van der Waals surface area contributed by atoms with Gasteiger partial charge in [0, 0.05) is 11.1 Å². The summed E-state index contributed by atoms with van der Waals surface area (Å²) in [5.74, 6) is -0.00514. The molecule has 2 rings (SSSR count). The number of Topliss-reactive ketones (excluding diaryl/α,β-unsaturated/α-hetero) is 1. The molecule has 0 atom stereocenters. The fourth-order valence-corrected chi connectivity index (χ4v) is 1.70. The van der Waals surface area contributed by atoms with Crippen LogP contribution in [0.1, 0.15) is 15.9 Å². The Hall–Kier alpha value is -2.41. The maximum Gasteiger partial charge on any atom is 0.193 e. The highest BCUT2D eigenvalue weighted by Crippen LogP contribution is 2.13. The molecule has 0 unspecified atom stereocenters. The zero-order valence-corrected chi connectivity index (χ0v) is 10.0. The number of carbonyl (C=O) groups is 1. The van der Waals surface area contributed by atoms with E-state index in [-0.39, 0.29) is 5.78 Å². The highest BCUT2D eigenvalue weighted by molar-refractivity contribution is 6.13. The number of carbonyl (C=O) groups excluding carboxylic acids is 1. The first kappa shape index (κ1) is 12.1. The van der Waals surface area contributed by atoms with Crippen molar-refractivity contribution in [1.29, 1.82) is 0 Å². The zero-order chi connectivity index (χ0) is 12.8. The van der Waals surface area contributed by atoms with Crippen LogP contribution in [0.4, 0.5) is 0 Å². The van der Waals surface area contributed by atoms with Gasteiger partial charge in [0.1, 0.15) is 0 Å². The highest BCUT2D eigenvalue weighted by atomic mass is 16.1. The molecule has 0 amide bonds. The van der Waals surface area contributed by atoms with Crippen LogP contribution < -0.4 is 0 Å². The lowest BCUT2D eigenvalue weighted by Gasteiger charge is -2.02. The molecule has 0 aliphatic rings. The van der Waals surface area contributed by atoms with Gasteiger partial charge in [-0.05, 0) is 11.6 Å². The summed E-state index contributed by atoms with van der Waals surface area (Å²) < 4.78 is 0. The van der Waals surface area contributed by atoms with E-state index in [0.717, 1.165) is 5.56 Å². The molecule has 18 heavy (non-hydrogen) atoms. The van der Waals surface area contributed by atoms with Crippen molar-refractivity contribution in [2.75, 3.05) is 0 Å². The maximum atomic E-state index is 12.2. The third kappa shape index (κ3) is 2.83. The Kier molecular flexibility index (Phi) is 3.87. The van der Waals surface area contributed by atoms with E-state index in [2.05, 4.69) is 6.58 Å². The second-order valence-electron chi connectivity index (χ2n) is 3.91. The van der Waals surface area contributed by atoms with E-state index in [9.17, 15) is 4.79 Å². The molecule has 0 bridgehead atoms. The van der Waals surface area contributed by atoms with Crippen LogP contribution in [-0.4, -0.2) is 5.78 Å². The van der Waals surface area contributed by atoms with Gasteiger partial charge in [0.05, 0.1) is 0 Å². The van der Waals surface area contributed by atoms with E-state index in [4.69, 9.17) is 0 Å². The number of allylic oxidation sites excluding steroid dienone is 2. The van der Waals surface area contributed by atoms with Crippen molar-refractivity contribution in [3.8, 4) is 0 Å². The number of hydrogen-bond donors (Lipinski definition) is 0. The molecule has 88 valence electrons. The average molecular weight is 234 g/mol. The summed E-state index contributed by atoms with van der Waals surface area (Å²) in [4.78, 5) is 12.2. The van der Waals surface area contributed by atoms with Crippen LogP contribution in [0.2, 0.25) is 0 Å². The van der Waals surface area contributed by atoms with Gasteiger partial charge >= 0.3 is 0 Å². The predicted molar refractivity (Wildman–Crippen MR) is 75.4 cm³/mol. The van der Waals surface area contributed by atoms with Gasteiger partial charge in [-0.3, -0.25) is 4.79 Å². The summed E-state index contributed by atoms with van der Waals surface area (Å²) >= 11 is 0. The standard InChI is InChI=1S/C17H14O/c1-2-15(13-14-9-5-3-6-10-14)17(18)16-11-7-4-8-12-16/h2-13H,1H2/b15-13+. The molecule has 0 aliphatic heterocycles. The van der Waals surface area contributed by atoms with E-state index < -0.39 is 0 Å². The minimum Gasteiger partial charge on any atom is -0.289 e. The normalized spacial score (nSPS) is 11.0. The minimum atomic E-state index is -0.00514. The lowest BCUT2D eigenvalue weighted by molar-refractivity contribution is 0.103. The molecule has 2 aromatic rings. The number of benzene rings is 2. The first-order valence-electron chi connectivity index (χ1n) is 5.80. The molecule has 1 heteroatoms. The molecule has 0 spiro atoms. The molecule has 0 saturated heterocycles. The Labute approximate surface area is 107 Å². The van der Waals surface area contributed by atoms with Gasteiger partial charge < -0.3 is 0 Å². The zero-order valence-electron chi connectivity index (χ0n) is 10.0. The quantitative estimate of drug-likeness (QED) is 0.441. The lowest BCUT2D eigenvalue weighted by Crippen LogP contribution is -2.00. The summed E-state index contributed by atoms with van der Waals surface area (Å²) in [5, 5.41) is 0. The van der Waals surface area contributed by atoms with Crippen molar-refractivity contribution >= 4 is 11.9 Å². The monoisotopic (exact) mass is 234 g/mol. The third-order valence-electron chi connectivity index (χ3n) is 2.64. The summed E-state index contributed by atoms with van der Waals surface area (Å²) in [7, 11) is 0. The molecule has 0 fully saturated rings. The second-order valence-corrected chi connectivity index (χ2v) is 3.91. The van der Waals surface area contributed by atoms with Crippen molar-refractivity contribution < 1.29 is 4.79 Å². The Morgan fingerprint density at radius 2 is 1.44 bits per heavy atom. The predicted octanol–water partition coefficient (Wildman–Crippen LogP) is 4.14. The van der Waals surface area contributed by atoms with Gasteiger partial charge in [-0.1, -0.05) is 73.3 Å². The van der Waals surface area contributed by atoms with Gasteiger partial charge in [0.25, 0.3) is 0 Å². The molecular formula is C17H14O. The maximum absolute atomic E-state index is 12.2. The first-order valence-corrected chi connectivity index (χ1v) is 5.80. The SMILES string of the molecule is C=C/C(=C\c1ccccc1)C(=O)c1ccccc1. The topological polar surface area (TPSA) is 17.1 Å². The van der Waals surface area contributed by atoms with Gasteiger partial charge in [0.2, 0.25) is 0 Å². The van der Waals surface area contributed by atoms with Crippen molar-refractivity contribution in [2.24, 2.45) is 0 Å². The molecule has 0 heterocycles. The fourth-order valence-electron chi connectivity index (χ4n) is 1.70. The van der Waals surface area contributed by atoms with Crippen LogP contribution in [-0.2, 0) is 0 Å². The molecule has 0 N–H and O–H groups in total.